The maximum atomic E-state index is 11.8. The molecule has 3 N–H and O–H groups in total. The molecule has 0 unspecified atom stereocenters. The van der Waals surface area contributed by atoms with E-state index in [0.717, 1.165) is 11.4 Å². The van der Waals surface area contributed by atoms with Crippen molar-refractivity contribution in [2.45, 2.75) is 12.7 Å². The van der Waals surface area contributed by atoms with Crippen molar-refractivity contribution in [2.24, 2.45) is 0 Å². The molecule has 0 spiro atoms. The predicted molar refractivity (Wildman–Crippen MR) is 86.8 cm³/mol. The first kappa shape index (κ1) is 14.5. The van der Waals surface area contributed by atoms with Gasteiger partial charge >= 0.3 is 0 Å². The summed E-state index contributed by atoms with van der Waals surface area (Å²) < 4.78 is 0. The van der Waals surface area contributed by atoms with E-state index < -0.39 is 0 Å². The van der Waals surface area contributed by atoms with Crippen molar-refractivity contribution in [3.63, 3.8) is 0 Å². The standard InChI is InChI=1S/C16H18N2OS/c1-12-5-2-3-6-13(12)10-20-11-16(19)18-15-8-4-7-14(17)9-15/h2-9H,10-11,17H2,1H3,(H,18,19). The molecule has 0 aromatic heterocycles. The van der Waals surface area contributed by atoms with Gasteiger partial charge in [-0.05, 0) is 36.2 Å². The van der Waals surface area contributed by atoms with Crippen LogP contribution in [-0.4, -0.2) is 11.7 Å². The topological polar surface area (TPSA) is 55.1 Å². The summed E-state index contributed by atoms with van der Waals surface area (Å²) in [5.74, 6) is 1.27. The number of carbonyl (C=O) groups is 1. The van der Waals surface area contributed by atoms with Crippen LogP contribution in [0.15, 0.2) is 48.5 Å². The zero-order valence-corrected chi connectivity index (χ0v) is 12.2. The number of rotatable bonds is 5. The molecule has 0 aliphatic carbocycles. The van der Waals surface area contributed by atoms with E-state index in [0.29, 0.717) is 11.4 Å². The van der Waals surface area contributed by atoms with Crippen LogP contribution in [0.1, 0.15) is 11.1 Å². The van der Waals surface area contributed by atoms with E-state index in [1.54, 1.807) is 23.9 Å². The van der Waals surface area contributed by atoms with E-state index in [2.05, 4.69) is 24.4 Å². The number of aryl methyl sites for hydroxylation is 1. The highest BCUT2D eigenvalue weighted by molar-refractivity contribution is 7.99. The summed E-state index contributed by atoms with van der Waals surface area (Å²) >= 11 is 1.61. The van der Waals surface area contributed by atoms with Gasteiger partial charge in [-0.3, -0.25) is 4.79 Å². The van der Waals surface area contributed by atoms with Crippen molar-refractivity contribution in [1.82, 2.24) is 0 Å². The maximum absolute atomic E-state index is 11.8. The van der Waals surface area contributed by atoms with Gasteiger partial charge in [0.2, 0.25) is 5.91 Å². The highest BCUT2D eigenvalue weighted by Crippen LogP contribution is 2.17. The lowest BCUT2D eigenvalue weighted by Gasteiger charge is -2.07. The molecular formula is C16H18N2OS. The van der Waals surface area contributed by atoms with Crippen LogP contribution in [0.5, 0.6) is 0 Å². The molecule has 2 aromatic carbocycles. The Bertz CT molecular complexity index is 599. The van der Waals surface area contributed by atoms with Gasteiger partial charge in [0.25, 0.3) is 0 Å². The molecule has 104 valence electrons. The fourth-order valence-electron chi connectivity index (χ4n) is 1.84. The fraction of sp³-hybridized carbons (Fsp3) is 0.188. The Morgan fingerprint density at radius 3 is 2.75 bits per heavy atom. The Balaban J connectivity index is 1.80. The lowest BCUT2D eigenvalue weighted by Crippen LogP contribution is -2.14. The Morgan fingerprint density at radius 1 is 1.20 bits per heavy atom. The summed E-state index contributed by atoms with van der Waals surface area (Å²) in [5.41, 5.74) is 9.59. The van der Waals surface area contributed by atoms with Gasteiger partial charge in [-0.25, -0.2) is 0 Å². The van der Waals surface area contributed by atoms with Gasteiger partial charge in [-0.15, -0.1) is 11.8 Å². The van der Waals surface area contributed by atoms with Gasteiger partial charge in [0.15, 0.2) is 0 Å². The van der Waals surface area contributed by atoms with Gasteiger partial charge in [0.1, 0.15) is 0 Å². The SMILES string of the molecule is Cc1ccccc1CSCC(=O)Nc1cccc(N)c1. The number of hydrogen-bond donors (Lipinski definition) is 2. The molecule has 0 atom stereocenters. The van der Waals surface area contributed by atoms with E-state index in [9.17, 15) is 4.79 Å². The smallest absolute Gasteiger partial charge is 0.234 e. The number of anilines is 2. The van der Waals surface area contributed by atoms with Gasteiger partial charge in [0.05, 0.1) is 5.75 Å². The summed E-state index contributed by atoms with van der Waals surface area (Å²) in [4.78, 5) is 11.8. The monoisotopic (exact) mass is 286 g/mol. The van der Waals surface area contributed by atoms with E-state index in [4.69, 9.17) is 5.73 Å². The summed E-state index contributed by atoms with van der Waals surface area (Å²) in [6, 6.07) is 15.4. The van der Waals surface area contributed by atoms with Crippen LogP contribution < -0.4 is 11.1 Å². The quantitative estimate of drug-likeness (QED) is 0.828. The molecule has 3 nitrogen and oxygen atoms in total. The number of nitrogens with one attached hydrogen (secondary N) is 1. The van der Waals surface area contributed by atoms with E-state index in [1.807, 2.05) is 24.3 Å². The van der Waals surface area contributed by atoms with Gasteiger partial charge < -0.3 is 11.1 Å². The van der Waals surface area contributed by atoms with Crippen molar-refractivity contribution < 1.29 is 4.79 Å². The molecule has 0 fully saturated rings. The highest BCUT2D eigenvalue weighted by atomic mass is 32.2. The molecule has 2 aromatic rings. The van der Waals surface area contributed by atoms with Gasteiger partial charge in [0, 0.05) is 17.1 Å². The second kappa shape index (κ2) is 7.01. The third-order valence-corrected chi connectivity index (χ3v) is 3.90. The Labute approximate surface area is 123 Å². The molecule has 0 radical (unpaired) electrons. The molecule has 0 bridgehead atoms. The van der Waals surface area contributed by atoms with Crippen molar-refractivity contribution in [3.05, 3.63) is 59.7 Å². The molecule has 4 heteroatoms. The third-order valence-electron chi connectivity index (χ3n) is 2.92. The van der Waals surface area contributed by atoms with Crippen LogP contribution in [0.25, 0.3) is 0 Å². The molecule has 0 aliphatic rings. The minimum absolute atomic E-state index is 0.00539. The molecule has 1 amide bonds. The van der Waals surface area contributed by atoms with Gasteiger partial charge in [-0.2, -0.15) is 0 Å². The summed E-state index contributed by atoms with van der Waals surface area (Å²) in [5, 5.41) is 2.84. The second-order valence-electron chi connectivity index (χ2n) is 4.59. The molecule has 0 aliphatic heterocycles. The van der Waals surface area contributed by atoms with Crippen LogP contribution in [0.3, 0.4) is 0 Å². The molecular weight excluding hydrogens is 268 g/mol. The molecule has 0 saturated carbocycles. The van der Waals surface area contributed by atoms with Crippen LogP contribution in [-0.2, 0) is 10.5 Å². The molecule has 0 heterocycles. The van der Waals surface area contributed by atoms with Crippen molar-refractivity contribution >= 4 is 29.0 Å². The minimum Gasteiger partial charge on any atom is -0.399 e. The van der Waals surface area contributed by atoms with Crippen LogP contribution in [0.2, 0.25) is 0 Å². The van der Waals surface area contributed by atoms with Gasteiger partial charge in [-0.1, -0.05) is 30.3 Å². The maximum Gasteiger partial charge on any atom is 0.234 e. The van der Waals surface area contributed by atoms with Crippen molar-refractivity contribution in [2.75, 3.05) is 16.8 Å². The fourth-order valence-corrected chi connectivity index (χ4v) is 2.74. The number of thioether (sulfide) groups is 1. The Hall–Kier alpha value is -1.94. The zero-order chi connectivity index (χ0) is 14.4. The first-order valence-electron chi connectivity index (χ1n) is 6.43. The first-order valence-corrected chi connectivity index (χ1v) is 7.58. The number of nitrogens with two attached hydrogens (primary N) is 1. The van der Waals surface area contributed by atoms with Crippen LogP contribution in [0.4, 0.5) is 11.4 Å². The number of amides is 1. The molecule has 20 heavy (non-hydrogen) atoms. The summed E-state index contributed by atoms with van der Waals surface area (Å²) in [6.07, 6.45) is 0. The van der Waals surface area contributed by atoms with Crippen LogP contribution in [0, 0.1) is 6.92 Å². The summed E-state index contributed by atoms with van der Waals surface area (Å²) in [6.45, 7) is 2.09. The number of carbonyl (C=O) groups excluding carboxylic acids is 1. The highest BCUT2D eigenvalue weighted by Gasteiger charge is 2.04. The normalized spacial score (nSPS) is 10.2. The van der Waals surface area contributed by atoms with E-state index in [1.165, 1.54) is 11.1 Å². The second-order valence-corrected chi connectivity index (χ2v) is 5.58. The Morgan fingerprint density at radius 2 is 2.00 bits per heavy atom. The number of nitrogen functional groups attached to an aromatic ring is 1. The largest absolute Gasteiger partial charge is 0.399 e. The van der Waals surface area contributed by atoms with Crippen LogP contribution >= 0.6 is 11.8 Å². The average Bonchev–Trinajstić information content (AvgIpc) is 2.41. The minimum atomic E-state index is -0.00539. The van der Waals surface area contributed by atoms with Crippen molar-refractivity contribution in [1.29, 1.82) is 0 Å². The third kappa shape index (κ3) is 4.31. The number of benzene rings is 2. The van der Waals surface area contributed by atoms with E-state index in [-0.39, 0.29) is 5.91 Å². The summed E-state index contributed by atoms with van der Waals surface area (Å²) in [7, 11) is 0. The Kier molecular flexibility index (Phi) is 5.07. The average molecular weight is 286 g/mol. The lowest BCUT2D eigenvalue weighted by atomic mass is 10.1. The molecule has 0 saturated heterocycles. The lowest BCUT2D eigenvalue weighted by molar-refractivity contribution is -0.113. The zero-order valence-electron chi connectivity index (χ0n) is 11.4. The predicted octanol–water partition coefficient (Wildman–Crippen LogP) is 3.45. The first-order chi connectivity index (χ1) is 9.65. The molecule has 2 rings (SSSR count). The van der Waals surface area contributed by atoms with E-state index >= 15 is 0 Å². The van der Waals surface area contributed by atoms with Crippen molar-refractivity contribution in [3.8, 4) is 0 Å². The number of hydrogen-bond acceptors (Lipinski definition) is 3.